The Morgan fingerprint density at radius 3 is 2.27 bits per heavy atom. The van der Waals surface area contributed by atoms with Crippen molar-refractivity contribution in [1.82, 2.24) is 4.83 Å². The van der Waals surface area contributed by atoms with Crippen molar-refractivity contribution in [3.8, 4) is 0 Å². The van der Waals surface area contributed by atoms with E-state index in [1.54, 1.807) is 24.3 Å². The maximum atomic E-state index is 12.1. The van der Waals surface area contributed by atoms with Crippen LogP contribution in [0.4, 0.5) is 0 Å². The second-order valence-electron chi connectivity index (χ2n) is 5.77. The summed E-state index contributed by atoms with van der Waals surface area (Å²) < 4.78 is 24.2. The van der Waals surface area contributed by atoms with Gasteiger partial charge in [-0.3, -0.25) is 0 Å². The number of hydrogen-bond donors (Lipinski definition) is 1. The molecular weight excluding hydrogens is 296 g/mol. The SMILES string of the molecule is CCCCCCCCC(C)=NNS(=O)(=O)c1ccc(C)cc1. The lowest BCUT2D eigenvalue weighted by Crippen LogP contribution is -2.19. The van der Waals surface area contributed by atoms with Crippen LogP contribution in [0.1, 0.15) is 64.4 Å². The minimum absolute atomic E-state index is 0.245. The third kappa shape index (κ3) is 7.07. The van der Waals surface area contributed by atoms with Crippen LogP contribution in [0.2, 0.25) is 0 Å². The van der Waals surface area contributed by atoms with Crippen LogP contribution < -0.4 is 4.83 Å². The number of sulfonamides is 1. The zero-order chi connectivity index (χ0) is 16.4. The second-order valence-corrected chi connectivity index (χ2v) is 7.43. The Kier molecular flexibility index (Phi) is 8.17. The molecule has 0 aliphatic heterocycles. The molecule has 0 unspecified atom stereocenters. The highest BCUT2D eigenvalue weighted by atomic mass is 32.2. The lowest BCUT2D eigenvalue weighted by molar-refractivity contribution is 0.584. The van der Waals surface area contributed by atoms with Gasteiger partial charge in [0, 0.05) is 5.71 Å². The van der Waals surface area contributed by atoms with E-state index in [9.17, 15) is 8.42 Å². The van der Waals surface area contributed by atoms with Crippen molar-refractivity contribution in [3.63, 3.8) is 0 Å². The maximum absolute atomic E-state index is 12.1. The quantitative estimate of drug-likeness (QED) is 0.394. The number of benzene rings is 1. The van der Waals surface area contributed by atoms with Gasteiger partial charge in [0.05, 0.1) is 4.90 Å². The number of aryl methyl sites for hydroxylation is 1. The van der Waals surface area contributed by atoms with Crippen LogP contribution in [0.5, 0.6) is 0 Å². The van der Waals surface area contributed by atoms with E-state index in [2.05, 4.69) is 16.9 Å². The van der Waals surface area contributed by atoms with Gasteiger partial charge in [-0.1, -0.05) is 56.7 Å². The topological polar surface area (TPSA) is 58.5 Å². The molecule has 0 saturated heterocycles. The minimum atomic E-state index is -3.55. The van der Waals surface area contributed by atoms with E-state index in [4.69, 9.17) is 0 Å². The van der Waals surface area contributed by atoms with Gasteiger partial charge in [0.1, 0.15) is 0 Å². The lowest BCUT2D eigenvalue weighted by atomic mass is 10.1. The first kappa shape index (κ1) is 18.7. The molecule has 0 atom stereocenters. The molecule has 0 fully saturated rings. The maximum Gasteiger partial charge on any atom is 0.276 e. The summed E-state index contributed by atoms with van der Waals surface area (Å²) in [5.41, 5.74) is 1.85. The molecule has 0 heterocycles. The van der Waals surface area contributed by atoms with Gasteiger partial charge >= 0.3 is 0 Å². The molecule has 0 amide bonds. The average Bonchev–Trinajstić information content (AvgIpc) is 2.49. The monoisotopic (exact) mass is 324 g/mol. The zero-order valence-electron chi connectivity index (χ0n) is 13.9. The van der Waals surface area contributed by atoms with Crippen LogP contribution >= 0.6 is 0 Å². The predicted octanol–water partition coefficient (Wildman–Crippen LogP) is 4.40. The number of hydrazone groups is 1. The molecule has 0 spiro atoms. The van der Waals surface area contributed by atoms with E-state index >= 15 is 0 Å². The number of unbranched alkanes of at least 4 members (excludes halogenated alkanes) is 5. The zero-order valence-corrected chi connectivity index (χ0v) is 14.7. The van der Waals surface area contributed by atoms with Crippen molar-refractivity contribution >= 4 is 15.7 Å². The molecule has 0 aliphatic rings. The second kappa shape index (κ2) is 9.62. The molecule has 1 aromatic rings. The fraction of sp³-hybridized carbons (Fsp3) is 0.588. The smallest absolute Gasteiger partial charge is 0.200 e. The molecule has 1 aromatic carbocycles. The van der Waals surface area contributed by atoms with Gasteiger partial charge in [-0.15, -0.1) is 0 Å². The number of nitrogens with one attached hydrogen (secondary N) is 1. The van der Waals surface area contributed by atoms with Crippen LogP contribution in [0.3, 0.4) is 0 Å². The van der Waals surface area contributed by atoms with Crippen molar-refractivity contribution in [3.05, 3.63) is 29.8 Å². The molecule has 0 aromatic heterocycles. The summed E-state index contributed by atoms with van der Waals surface area (Å²) in [6, 6.07) is 6.75. The Labute approximate surface area is 135 Å². The Hall–Kier alpha value is -1.36. The highest BCUT2D eigenvalue weighted by Crippen LogP contribution is 2.10. The first-order valence-electron chi connectivity index (χ1n) is 8.07. The summed E-state index contributed by atoms with van der Waals surface area (Å²) in [5, 5.41) is 4.01. The van der Waals surface area contributed by atoms with Crippen LogP contribution in [-0.2, 0) is 10.0 Å². The van der Waals surface area contributed by atoms with Gasteiger partial charge in [-0.25, -0.2) is 4.83 Å². The molecule has 1 N–H and O–H groups in total. The standard InChI is InChI=1S/C17H28N2O2S/c1-4-5-6-7-8-9-10-16(3)18-19-22(20,21)17-13-11-15(2)12-14-17/h11-14,19H,4-10H2,1-3H3. The summed E-state index contributed by atoms with van der Waals surface area (Å²) in [6.07, 6.45) is 8.15. The molecule has 4 nitrogen and oxygen atoms in total. The first-order chi connectivity index (χ1) is 10.5. The average molecular weight is 324 g/mol. The molecule has 1 rings (SSSR count). The van der Waals surface area contributed by atoms with Crippen molar-refractivity contribution in [1.29, 1.82) is 0 Å². The third-order valence-electron chi connectivity index (χ3n) is 3.58. The van der Waals surface area contributed by atoms with Crippen molar-refractivity contribution in [2.24, 2.45) is 5.10 Å². The Balaban J connectivity index is 2.40. The normalized spacial score (nSPS) is 12.4. The molecule has 0 saturated carbocycles. The molecule has 5 heteroatoms. The Morgan fingerprint density at radius 1 is 1.05 bits per heavy atom. The minimum Gasteiger partial charge on any atom is -0.200 e. The molecule has 22 heavy (non-hydrogen) atoms. The number of hydrogen-bond acceptors (Lipinski definition) is 3. The van der Waals surface area contributed by atoms with Gasteiger partial charge in [0.25, 0.3) is 10.0 Å². The Bertz CT molecular complexity index is 563. The molecule has 124 valence electrons. The fourth-order valence-corrected chi connectivity index (χ4v) is 3.00. The summed E-state index contributed by atoms with van der Waals surface area (Å²) in [4.78, 5) is 2.56. The van der Waals surface area contributed by atoms with Gasteiger partial charge in [-0.05, 0) is 38.8 Å². The highest BCUT2D eigenvalue weighted by Gasteiger charge is 2.12. The number of nitrogens with zero attached hydrogens (tertiary/aromatic N) is 1. The summed E-state index contributed by atoms with van der Waals surface area (Å²) >= 11 is 0. The molecule has 0 bridgehead atoms. The summed E-state index contributed by atoms with van der Waals surface area (Å²) in [7, 11) is -3.55. The summed E-state index contributed by atoms with van der Waals surface area (Å²) in [5.74, 6) is 0. The van der Waals surface area contributed by atoms with Crippen molar-refractivity contribution in [2.45, 2.75) is 70.6 Å². The lowest BCUT2D eigenvalue weighted by Gasteiger charge is -2.06. The van der Waals surface area contributed by atoms with Gasteiger partial charge < -0.3 is 0 Å². The van der Waals surface area contributed by atoms with E-state index < -0.39 is 10.0 Å². The van der Waals surface area contributed by atoms with E-state index in [-0.39, 0.29) is 4.90 Å². The first-order valence-corrected chi connectivity index (χ1v) is 9.55. The number of rotatable bonds is 10. The van der Waals surface area contributed by atoms with Crippen LogP contribution in [0.15, 0.2) is 34.3 Å². The van der Waals surface area contributed by atoms with E-state index in [1.165, 1.54) is 32.1 Å². The van der Waals surface area contributed by atoms with Crippen LogP contribution in [0.25, 0.3) is 0 Å². The summed E-state index contributed by atoms with van der Waals surface area (Å²) in [6.45, 7) is 5.99. The third-order valence-corrected chi connectivity index (χ3v) is 4.80. The molecular formula is C17H28N2O2S. The molecule has 0 radical (unpaired) electrons. The van der Waals surface area contributed by atoms with Gasteiger partial charge in [-0.2, -0.15) is 13.5 Å². The van der Waals surface area contributed by atoms with Crippen molar-refractivity contribution < 1.29 is 8.42 Å². The van der Waals surface area contributed by atoms with E-state index in [1.807, 2.05) is 13.8 Å². The largest absolute Gasteiger partial charge is 0.276 e. The predicted molar refractivity (Wildman–Crippen MR) is 92.6 cm³/mol. The fourth-order valence-electron chi connectivity index (χ4n) is 2.13. The van der Waals surface area contributed by atoms with Gasteiger partial charge in [0.15, 0.2) is 0 Å². The highest BCUT2D eigenvalue weighted by molar-refractivity contribution is 7.89. The van der Waals surface area contributed by atoms with Crippen molar-refractivity contribution in [2.75, 3.05) is 0 Å². The van der Waals surface area contributed by atoms with Crippen LogP contribution in [-0.4, -0.2) is 14.1 Å². The Morgan fingerprint density at radius 2 is 1.64 bits per heavy atom. The van der Waals surface area contributed by atoms with Gasteiger partial charge in [0.2, 0.25) is 0 Å². The van der Waals surface area contributed by atoms with Crippen LogP contribution in [0, 0.1) is 6.92 Å². The van der Waals surface area contributed by atoms with E-state index in [0.29, 0.717) is 0 Å². The molecule has 0 aliphatic carbocycles. The van der Waals surface area contributed by atoms with E-state index in [0.717, 1.165) is 24.1 Å².